The monoisotopic (exact) mass is 207 g/mol. The van der Waals surface area contributed by atoms with Crippen molar-refractivity contribution < 1.29 is 9.53 Å². The predicted octanol–water partition coefficient (Wildman–Crippen LogP) is 2.92. The molecule has 0 aliphatic carbocycles. The Balaban J connectivity index is 2.78. The zero-order chi connectivity index (χ0) is 11.3. The van der Waals surface area contributed by atoms with Gasteiger partial charge in [-0.05, 0) is 30.0 Å². The van der Waals surface area contributed by atoms with Crippen LogP contribution in [0.25, 0.3) is 0 Å². The SMILES string of the molecule is CCC(C)c1cccc(OC(=O)NC)c1. The summed E-state index contributed by atoms with van der Waals surface area (Å²) in [5.74, 6) is 1.07. The highest BCUT2D eigenvalue weighted by Crippen LogP contribution is 2.22. The first kappa shape index (κ1) is 11.6. The van der Waals surface area contributed by atoms with E-state index in [1.54, 1.807) is 13.1 Å². The van der Waals surface area contributed by atoms with Gasteiger partial charge < -0.3 is 10.1 Å². The summed E-state index contributed by atoms with van der Waals surface area (Å²) in [6.45, 7) is 4.29. The highest BCUT2D eigenvalue weighted by Gasteiger charge is 2.06. The van der Waals surface area contributed by atoms with Crippen molar-refractivity contribution in [3.63, 3.8) is 0 Å². The molecule has 0 heterocycles. The van der Waals surface area contributed by atoms with Gasteiger partial charge in [-0.15, -0.1) is 0 Å². The molecule has 1 atom stereocenters. The molecule has 0 spiro atoms. The fraction of sp³-hybridized carbons (Fsp3) is 0.417. The first-order chi connectivity index (χ1) is 7.17. The highest BCUT2D eigenvalue weighted by molar-refractivity contribution is 5.69. The molecule has 3 heteroatoms. The number of rotatable bonds is 3. The Kier molecular flexibility index (Phi) is 4.16. The van der Waals surface area contributed by atoms with Crippen LogP contribution >= 0.6 is 0 Å². The van der Waals surface area contributed by atoms with Crippen molar-refractivity contribution in [2.75, 3.05) is 7.05 Å². The van der Waals surface area contributed by atoms with Crippen LogP contribution in [0.3, 0.4) is 0 Å². The largest absolute Gasteiger partial charge is 0.412 e. The number of carbonyl (C=O) groups excluding carboxylic acids is 1. The molecule has 1 unspecified atom stereocenters. The number of ether oxygens (including phenoxy) is 1. The van der Waals surface area contributed by atoms with E-state index in [-0.39, 0.29) is 0 Å². The number of nitrogens with one attached hydrogen (secondary N) is 1. The Bertz CT molecular complexity index is 336. The van der Waals surface area contributed by atoms with Crippen LogP contribution in [0.2, 0.25) is 0 Å². The molecule has 0 aliphatic heterocycles. The van der Waals surface area contributed by atoms with Crippen molar-refractivity contribution in [1.82, 2.24) is 5.32 Å². The van der Waals surface area contributed by atoms with Gasteiger partial charge in [0.25, 0.3) is 0 Å². The van der Waals surface area contributed by atoms with E-state index in [4.69, 9.17) is 4.74 Å². The predicted molar refractivity (Wildman–Crippen MR) is 60.2 cm³/mol. The van der Waals surface area contributed by atoms with E-state index in [0.29, 0.717) is 11.7 Å². The molecular formula is C12H17NO2. The summed E-state index contributed by atoms with van der Waals surface area (Å²) in [6, 6.07) is 7.63. The lowest BCUT2D eigenvalue weighted by molar-refractivity contribution is 0.203. The van der Waals surface area contributed by atoms with Gasteiger partial charge in [-0.3, -0.25) is 0 Å². The molecule has 3 nitrogen and oxygen atoms in total. The Morgan fingerprint density at radius 3 is 2.87 bits per heavy atom. The van der Waals surface area contributed by atoms with Gasteiger partial charge in [0.1, 0.15) is 5.75 Å². The van der Waals surface area contributed by atoms with E-state index >= 15 is 0 Å². The molecule has 0 radical (unpaired) electrons. The van der Waals surface area contributed by atoms with Crippen molar-refractivity contribution in [1.29, 1.82) is 0 Å². The molecular weight excluding hydrogens is 190 g/mol. The molecule has 1 N–H and O–H groups in total. The third-order valence-electron chi connectivity index (χ3n) is 2.45. The Labute approximate surface area is 90.4 Å². The summed E-state index contributed by atoms with van der Waals surface area (Å²) in [5.41, 5.74) is 1.19. The summed E-state index contributed by atoms with van der Waals surface area (Å²) < 4.78 is 5.05. The van der Waals surface area contributed by atoms with Gasteiger partial charge in [0.15, 0.2) is 0 Å². The van der Waals surface area contributed by atoms with Crippen LogP contribution in [0.5, 0.6) is 5.75 Å². The summed E-state index contributed by atoms with van der Waals surface area (Å²) in [7, 11) is 1.54. The van der Waals surface area contributed by atoms with Gasteiger partial charge in [0.2, 0.25) is 0 Å². The van der Waals surface area contributed by atoms with Crippen molar-refractivity contribution in [3.8, 4) is 5.75 Å². The van der Waals surface area contributed by atoms with Gasteiger partial charge in [-0.2, -0.15) is 0 Å². The van der Waals surface area contributed by atoms with E-state index < -0.39 is 6.09 Å². The molecule has 0 aromatic heterocycles. The third kappa shape index (κ3) is 3.27. The molecule has 1 amide bonds. The molecule has 15 heavy (non-hydrogen) atoms. The number of hydrogen-bond acceptors (Lipinski definition) is 2. The molecule has 0 aliphatic rings. The van der Waals surface area contributed by atoms with Gasteiger partial charge in [-0.25, -0.2) is 4.79 Å². The van der Waals surface area contributed by atoms with E-state index in [1.807, 2.05) is 18.2 Å². The molecule has 82 valence electrons. The lowest BCUT2D eigenvalue weighted by Crippen LogP contribution is -2.22. The molecule has 0 saturated carbocycles. The average molecular weight is 207 g/mol. The minimum absolute atomic E-state index is 0.434. The van der Waals surface area contributed by atoms with Crippen LogP contribution in [0.1, 0.15) is 31.7 Å². The lowest BCUT2D eigenvalue weighted by Gasteiger charge is -2.10. The molecule has 0 bridgehead atoms. The van der Waals surface area contributed by atoms with Gasteiger partial charge in [0.05, 0.1) is 0 Å². The van der Waals surface area contributed by atoms with Crippen LogP contribution in [-0.2, 0) is 0 Å². The van der Waals surface area contributed by atoms with Crippen molar-refractivity contribution in [3.05, 3.63) is 29.8 Å². The normalized spacial score (nSPS) is 11.9. The zero-order valence-electron chi connectivity index (χ0n) is 9.41. The van der Waals surface area contributed by atoms with Crippen molar-refractivity contribution in [2.45, 2.75) is 26.2 Å². The first-order valence-electron chi connectivity index (χ1n) is 5.17. The van der Waals surface area contributed by atoms with Crippen LogP contribution in [0.4, 0.5) is 4.79 Å². The lowest BCUT2D eigenvalue weighted by atomic mass is 9.99. The number of carbonyl (C=O) groups is 1. The van der Waals surface area contributed by atoms with Crippen LogP contribution < -0.4 is 10.1 Å². The smallest absolute Gasteiger partial charge is 0.410 e. The molecule has 1 rings (SSSR count). The first-order valence-corrected chi connectivity index (χ1v) is 5.17. The van der Waals surface area contributed by atoms with E-state index in [2.05, 4.69) is 19.2 Å². The second-order valence-corrected chi connectivity index (χ2v) is 3.52. The van der Waals surface area contributed by atoms with E-state index in [9.17, 15) is 4.79 Å². The Hall–Kier alpha value is -1.51. The molecule has 1 aromatic rings. The topological polar surface area (TPSA) is 38.3 Å². The van der Waals surface area contributed by atoms with Crippen LogP contribution in [0.15, 0.2) is 24.3 Å². The van der Waals surface area contributed by atoms with Gasteiger partial charge >= 0.3 is 6.09 Å². The van der Waals surface area contributed by atoms with Crippen molar-refractivity contribution >= 4 is 6.09 Å². The Morgan fingerprint density at radius 2 is 2.27 bits per heavy atom. The Morgan fingerprint density at radius 1 is 1.53 bits per heavy atom. The fourth-order valence-electron chi connectivity index (χ4n) is 1.28. The average Bonchev–Trinajstić information content (AvgIpc) is 2.28. The maximum absolute atomic E-state index is 11.0. The fourth-order valence-corrected chi connectivity index (χ4v) is 1.28. The van der Waals surface area contributed by atoms with Gasteiger partial charge in [0, 0.05) is 7.05 Å². The second kappa shape index (κ2) is 5.39. The molecule has 0 saturated heterocycles. The number of amides is 1. The number of benzene rings is 1. The molecule has 1 aromatic carbocycles. The maximum Gasteiger partial charge on any atom is 0.412 e. The standard InChI is InChI=1S/C12H17NO2/c1-4-9(2)10-6-5-7-11(8-10)15-12(14)13-3/h5-9H,4H2,1-3H3,(H,13,14). The summed E-state index contributed by atoms with van der Waals surface area (Å²) >= 11 is 0. The summed E-state index contributed by atoms with van der Waals surface area (Å²) in [5, 5.41) is 2.41. The molecule has 0 fully saturated rings. The van der Waals surface area contributed by atoms with Crippen LogP contribution in [0, 0.1) is 0 Å². The van der Waals surface area contributed by atoms with E-state index in [1.165, 1.54) is 5.56 Å². The maximum atomic E-state index is 11.0. The van der Waals surface area contributed by atoms with Crippen LogP contribution in [-0.4, -0.2) is 13.1 Å². The minimum Gasteiger partial charge on any atom is -0.410 e. The quantitative estimate of drug-likeness (QED) is 0.827. The minimum atomic E-state index is -0.434. The highest BCUT2D eigenvalue weighted by atomic mass is 16.5. The second-order valence-electron chi connectivity index (χ2n) is 3.52. The van der Waals surface area contributed by atoms with Crippen molar-refractivity contribution in [2.24, 2.45) is 0 Å². The summed E-state index contributed by atoms with van der Waals surface area (Å²) in [4.78, 5) is 11.0. The van der Waals surface area contributed by atoms with Gasteiger partial charge in [-0.1, -0.05) is 26.0 Å². The zero-order valence-corrected chi connectivity index (χ0v) is 9.41. The van der Waals surface area contributed by atoms with E-state index in [0.717, 1.165) is 6.42 Å². The number of hydrogen-bond donors (Lipinski definition) is 1. The summed E-state index contributed by atoms with van der Waals surface area (Å²) in [6.07, 6.45) is 0.639. The third-order valence-corrected chi connectivity index (χ3v) is 2.45.